The number of carbonyl (C=O) groups is 1. The van der Waals surface area contributed by atoms with Gasteiger partial charge in [-0.1, -0.05) is 0 Å². The third-order valence-corrected chi connectivity index (χ3v) is 5.20. The number of ether oxygens (including phenoxy) is 1. The van der Waals surface area contributed by atoms with Gasteiger partial charge < -0.3 is 25.6 Å². The first kappa shape index (κ1) is 24.0. The molecule has 0 aliphatic carbocycles. The molecule has 0 spiro atoms. The molecule has 1 saturated heterocycles. The zero-order valence-electron chi connectivity index (χ0n) is 18.3. The lowest BCUT2D eigenvalue weighted by atomic mass is 10.2. The van der Waals surface area contributed by atoms with E-state index in [0.29, 0.717) is 42.5 Å². The van der Waals surface area contributed by atoms with Gasteiger partial charge in [0.2, 0.25) is 5.95 Å². The minimum absolute atomic E-state index is 0.139. The van der Waals surface area contributed by atoms with Gasteiger partial charge in [0.15, 0.2) is 11.6 Å². The molecule has 0 atom stereocenters. The molecule has 3 aromatic rings. The molecule has 1 aliphatic rings. The average Bonchev–Trinajstić information content (AvgIpc) is 2.82. The van der Waals surface area contributed by atoms with Crippen molar-refractivity contribution in [3.63, 3.8) is 0 Å². The molecule has 3 N–H and O–H groups in total. The summed E-state index contributed by atoms with van der Waals surface area (Å²) < 4.78 is 58.2. The number of anilines is 3. The van der Waals surface area contributed by atoms with Gasteiger partial charge in [0.25, 0.3) is 0 Å². The quantitative estimate of drug-likeness (QED) is 0.526. The summed E-state index contributed by atoms with van der Waals surface area (Å²) in [5, 5.41) is 2.34. The summed E-state index contributed by atoms with van der Waals surface area (Å²) >= 11 is 0. The number of pyridine rings is 1. The number of piperazine rings is 1. The Kier molecular flexibility index (Phi) is 6.85. The van der Waals surface area contributed by atoms with E-state index in [1.165, 1.54) is 11.1 Å². The number of nitrogens with zero attached hydrogens (tertiary/aromatic N) is 5. The van der Waals surface area contributed by atoms with Crippen LogP contribution in [0.4, 0.5) is 39.8 Å². The molecule has 0 bridgehead atoms. The topological polar surface area (TPSA) is 109 Å². The molecule has 2 amide bonds. The van der Waals surface area contributed by atoms with Gasteiger partial charge >= 0.3 is 12.2 Å². The molecule has 35 heavy (non-hydrogen) atoms. The van der Waals surface area contributed by atoms with Gasteiger partial charge in [-0.3, -0.25) is 0 Å². The number of urea groups is 1. The molecule has 0 radical (unpaired) electrons. The van der Waals surface area contributed by atoms with Crippen LogP contribution in [0.3, 0.4) is 0 Å². The summed E-state index contributed by atoms with van der Waals surface area (Å²) in [5.74, 6) is 0.142. The maximum atomic E-state index is 13.6. The molecule has 1 aromatic carbocycles. The second-order valence-corrected chi connectivity index (χ2v) is 7.65. The molecule has 1 fully saturated rings. The first-order valence-electron chi connectivity index (χ1n) is 10.5. The third-order valence-electron chi connectivity index (χ3n) is 5.20. The predicted molar refractivity (Wildman–Crippen MR) is 119 cm³/mol. The van der Waals surface area contributed by atoms with Gasteiger partial charge in [-0.05, 0) is 36.4 Å². The molecule has 0 saturated carbocycles. The van der Waals surface area contributed by atoms with Crippen LogP contribution >= 0.6 is 0 Å². The number of benzene rings is 1. The Morgan fingerprint density at radius 3 is 2.57 bits per heavy atom. The highest BCUT2D eigenvalue weighted by atomic mass is 19.4. The van der Waals surface area contributed by atoms with Gasteiger partial charge in [0.05, 0.1) is 11.3 Å². The second-order valence-electron chi connectivity index (χ2n) is 7.65. The molecule has 3 heterocycles. The number of nitrogens with one attached hydrogen (secondary N) is 1. The van der Waals surface area contributed by atoms with Gasteiger partial charge in [0.1, 0.15) is 12.4 Å². The van der Waals surface area contributed by atoms with E-state index in [2.05, 4.69) is 20.3 Å². The number of rotatable bonds is 5. The molecule has 184 valence electrons. The Balaban J connectivity index is 1.37. The Morgan fingerprint density at radius 2 is 1.86 bits per heavy atom. The van der Waals surface area contributed by atoms with Crippen LogP contribution < -0.4 is 20.7 Å². The summed E-state index contributed by atoms with van der Waals surface area (Å²) in [6.07, 6.45) is -1.58. The first-order valence-corrected chi connectivity index (χ1v) is 10.5. The largest absolute Gasteiger partial charge is 0.483 e. The van der Waals surface area contributed by atoms with E-state index in [1.807, 2.05) is 4.90 Å². The van der Waals surface area contributed by atoms with E-state index >= 15 is 0 Å². The van der Waals surface area contributed by atoms with E-state index in [4.69, 9.17) is 10.5 Å². The molecule has 4 rings (SSSR count). The average molecular weight is 491 g/mol. The Labute approximate surface area is 197 Å². The minimum atomic E-state index is -4.73. The van der Waals surface area contributed by atoms with Crippen molar-refractivity contribution in [2.75, 3.05) is 42.1 Å². The summed E-state index contributed by atoms with van der Waals surface area (Å²) in [6, 6.07) is 6.45. The molecular weight excluding hydrogens is 470 g/mol. The Morgan fingerprint density at radius 1 is 1.09 bits per heavy atom. The molecule has 0 unspecified atom stereocenters. The lowest BCUT2D eigenvalue weighted by molar-refractivity contribution is -0.137. The van der Waals surface area contributed by atoms with Crippen LogP contribution in [0.2, 0.25) is 0 Å². The van der Waals surface area contributed by atoms with Crippen LogP contribution in [0.25, 0.3) is 0 Å². The lowest BCUT2D eigenvalue weighted by Gasteiger charge is -2.35. The monoisotopic (exact) mass is 491 g/mol. The van der Waals surface area contributed by atoms with E-state index in [0.717, 1.165) is 6.07 Å². The molecule has 2 aromatic heterocycles. The van der Waals surface area contributed by atoms with Crippen molar-refractivity contribution in [2.24, 2.45) is 0 Å². The highest BCUT2D eigenvalue weighted by Crippen LogP contribution is 2.32. The van der Waals surface area contributed by atoms with Crippen molar-refractivity contribution in [2.45, 2.75) is 12.8 Å². The number of hydrogen-bond acceptors (Lipinski definition) is 7. The summed E-state index contributed by atoms with van der Waals surface area (Å²) in [7, 11) is 0. The highest BCUT2D eigenvalue weighted by Gasteiger charge is 2.32. The number of carbonyl (C=O) groups excluding carboxylic acids is 1. The van der Waals surface area contributed by atoms with Crippen LogP contribution in [0.1, 0.15) is 11.3 Å². The Hall–Kier alpha value is -4.16. The number of alkyl halides is 3. The maximum absolute atomic E-state index is 13.6. The first-order chi connectivity index (χ1) is 16.7. The minimum Gasteiger partial charge on any atom is -0.483 e. The fraction of sp³-hybridized carbons (Fsp3) is 0.273. The van der Waals surface area contributed by atoms with E-state index in [9.17, 15) is 22.4 Å². The fourth-order valence-electron chi connectivity index (χ4n) is 3.53. The zero-order valence-corrected chi connectivity index (χ0v) is 18.3. The number of amides is 2. The van der Waals surface area contributed by atoms with Gasteiger partial charge in [-0.25, -0.2) is 24.1 Å². The maximum Gasteiger partial charge on any atom is 0.416 e. The van der Waals surface area contributed by atoms with Crippen LogP contribution in [0.5, 0.6) is 5.75 Å². The van der Waals surface area contributed by atoms with Crippen LogP contribution in [0, 0.1) is 5.82 Å². The molecule has 1 aliphatic heterocycles. The number of nitrogen functional groups attached to an aromatic ring is 1. The van der Waals surface area contributed by atoms with E-state index in [-0.39, 0.29) is 31.3 Å². The third kappa shape index (κ3) is 6.05. The normalized spacial score (nSPS) is 14.1. The zero-order chi connectivity index (χ0) is 25.0. The fourth-order valence-corrected chi connectivity index (χ4v) is 3.53. The van der Waals surface area contributed by atoms with Gasteiger partial charge in [-0.2, -0.15) is 13.2 Å². The van der Waals surface area contributed by atoms with Crippen molar-refractivity contribution >= 4 is 23.5 Å². The lowest BCUT2D eigenvalue weighted by Crippen LogP contribution is -2.50. The number of nitrogens with two attached hydrogens (primary N) is 1. The highest BCUT2D eigenvalue weighted by molar-refractivity contribution is 5.89. The predicted octanol–water partition coefficient (Wildman–Crippen LogP) is 3.54. The van der Waals surface area contributed by atoms with Crippen molar-refractivity contribution < 1.29 is 27.1 Å². The number of halogens is 4. The van der Waals surface area contributed by atoms with E-state index in [1.54, 1.807) is 24.4 Å². The van der Waals surface area contributed by atoms with Crippen molar-refractivity contribution in [3.8, 4) is 5.75 Å². The molecule has 13 heteroatoms. The van der Waals surface area contributed by atoms with Gasteiger partial charge in [0, 0.05) is 44.3 Å². The Bertz CT molecular complexity index is 1200. The number of aromatic nitrogens is 3. The summed E-state index contributed by atoms with van der Waals surface area (Å²) in [6.45, 7) is 1.50. The van der Waals surface area contributed by atoms with Crippen molar-refractivity contribution in [3.05, 3.63) is 65.9 Å². The SMILES string of the molecule is Nc1nccc(COc2cccnc2N2CCN(C(=O)Nc3cc(F)cc(C(F)(F)F)c3)CC2)n1. The van der Waals surface area contributed by atoms with E-state index < -0.39 is 23.6 Å². The summed E-state index contributed by atoms with van der Waals surface area (Å²) in [4.78, 5) is 28.2. The van der Waals surface area contributed by atoms with Gasteiger partial charge in [-0.15, -0.1) is 0 Å². The molecular formula is C22H21F4N7O2. The summed E-state index contributed by atoms with van der Waals surface area (Å²) in [5.41, 5.74) is 4.74. The van der Waals surface area contributed by atoms with Crippen LogP contribution in [0.15, 0.2) is 48.8 Å². The second kappa shape index (κ2) is 9.99. The van der Waals surface area contributed by atoms with Crippen molar-refractivity contribution in [1.29, 1.82) is 0 Å². The molecule has 9 nitrogen and oxygen atoms in total. The number of hydrogen-bond donors (Lipinski definition) is 2. The van der Waals surface area contributed by atoms with Crippen molar-refractivity contribution in [1.82, 2.24) is 19.9 Å². The van der Waals surface area contributed by atoms with Crippen LogP contribution in [-0.2, 0) is 12.8 Å². The smallest absolute Gasteiger partial charge is 0.416 e. The standard InChI is InChI=1S/C22H21F4N7O2/c23-15-10-14(22(24,25)26)11-17(12-15)31-21(34)33-8-6-32(7-9-33)19-18(2-1-4-28-19)35-13-16-3-5-29-20(27)30-16/h1-5,10-12H,6-9,13H2,(H,31,34)(H2,27,29,30). The van der Waals surface area contributed by atoms with Crippen LogP contribution in [-0.4, -0.2) is 52.1 Å².